The van der Waals surface area contributed by atoms with Crippen molar-refractivity contribution < 1.29 is 14.7 Å². The van der Waals surface area contributed by atoms with Crippen molar-refractivity contribution in [3.63, 3.8) is 0 Å². The third-order valence-electron chi connectivity index (χ3n) is 3.53. The summed E-state index contributed by atoms with van der Waals surface area (Å²) in [7, 11) is 0. The molecule has 5 heteroatoms. The van der Waals surface area contributed by atoms with Gasteiger partial charge in [-0.2, -0.15) is 0 Å². The number of pyridine rings is 1. The maximum atomic E-state index is 12.3. The SMILES string of the molecule is CC1CCC(NC(=O)c2ccncc2/C=C/C(=O)O)C1. The molecule has 0 aromatic carbocycles. The molecule has 1 fully saturated rings. The molecule has 1 saturated carbocycles. The summed E-state index contributed by atoms with van der Waals surface area (Å²) in [5, 5.41) is 11.7. The average Bonchev–Trinajstić information content (AvgIpc) is 2.82. The van der Waals surface area contributed by atoms with Crippen molar-refractivity contribution >= 4 is 18.0 Å². The fourth-order valence-electron chi connectivity index (χ4n) is 2.51. The number of aromatic nitrogens is 1. The zero-order valence-corrected chi connectivity index (χ0v) is 11.4. The molecule has 1 amide bonds. The van der Waals surface area contributed by atoms with Crippen LogP contribution in [0.25, 0.3) is 6.08 Å². The largest absolute Gasteiger partial charge is 0.478 e. The van der Waals surface area contributed by atoms with Crippen LogP contribution in [0.3, 0.4) is 0 Å². The molecule has 0 spiro atoms. The second-order valence-electron chi connectivity index (χ2n) is 5.22. The van der Waals surface area contributed by atoms with Gasteiger partial charge in [0.15, 0.2) is 0 Å². The Bertz CT molecular complexity index is 540. The minimum absolute atomic E-state index is 0.170. The van der Waals surface area contributed by atoms with Gasteiger partial charge in [-0.15, -0.1) is 0 Å². The predicted molar refractivity (Wildman–Crippen MR) is 75.2 cm³/mol. The molecular weight excluding hydrogens is 256 g/mol. The zero-order valence-electron chi connectivity index (χ0n) is 11.4. The van der Waals surface area contributed by atoms with Gasteiger partial charge in [0.2, 0.25) is 0 Å². The van der Waals surface area contributed by atoms with E-state index in [4.69, 9.17) is 5.11 Å². The molecule has 1 aliphatic rings. The van der Waals surface area contributed by atoms with Gasteiger partial charge >= 0.3 is 5.97 Å². The number of nitrogens with one attached hydrogen (secondary N) is 1. The molecule has 0 radical (unpaired) electrons. The Balaban J connectivity index is 2.11. The smallest absolute Gasteiger partial charge is 0.328 e. The number of amides is 1. The summed E-state index contributed by atoms with van der Waals surface area (Å²) in [6, 6.07) is 1.82. The molecule has 1 heterocycles. The topological polar surface area (TPSA) is 79.3 Å². The van der Waals surface area contributed by atoms with Crippen LogP contribution in [0.15, 0.2) is 24.5 Å². The van der Waals surface area contributed by atoms with Crippen LogP contribution in [0.1, 0.15) is 42.1 Å². The lowest BCUT2D eigenvalue weighted by molar-refractivity contribution is -0.131. The van der Waals surface area contributed by atoms with Crippen LogP contribution in [0, 0.1) is 5.92 Å². The lowest BCUT2D eigenvalue weighted by Crippen LogP contribution is -2.33. The second-order valence-corrected chi connectivity index (χ2v) is 5.22. The summed E-state index contributed by atoms with van der Waals surface area (Å²) in [4.78, 5) is 26.7. The molecule has 20 heavy (non-hydrogen) atoms. The molecule has 2 N–H and O–H groups in total. The number of carboxylic acid groups (broad SMARTS) is 1. The standard InChI is InChI=1S/C15H18N2O3/c1-10-2-4-12(8-10)17-15(20)13-6-7-16-9-11(13)3-5-14(18)19/h3,5-7,9-10,12H,2,4,8H2,1H3,(H,17,20)(H,18,19)/b5-3+. The van der Waals surface area contributed by atoms with Gasteiger partial charge in [0.25, 0.3) is 5.91 Å². The van der Waals surface area contributed by atoms with Crippen LogP contribution in [-0.4, -0.2) is 28.0 Å². The molecule has 2 unspecified atom stereocenters. The number of rotatable bonds is 4. The molecule has 5 nitrogen and oxygen atoms in total. The van der Waals surface area contributed by atoms with Gasteiger partial charge in [-0.25, -0.2) is 4.79 Å². The Kier molecular flexibility index (Phi) is 4.50. The molecule has 2 atom stereocenters. The number of carboxylic acids is 1. The highest BCUT2D eigenvalue weighted by Gasteiger charge is 2.23. The van der Waals surface area contributed by atoms with Crippen LogP contribution in [0.5, 0.6) is 0 Å². The Morgan fingerprint density at radius 3 is 2.90 bits per heavy atom. The van der Waals surface area contributed by atoms with E-state index in [1.54, 1.807) is 6.07 Å². The number of carbonyl (C=O) groups is 2. The Hall–Kier alpha value is -2.17. The summed E-state index contributed by atoms with van der Waals surface area (Å²) >= 11 is 0. The van der Waals surface area contributed by atoms with Gasteiger partial charge in [0.1, 0.15) is 0 Å². The number of carbonyl (C=O) groups excluding carboxylic acids is 1. The Morgan fingerprint density at radius 2 is 2.25 bits per heavy atom. The number of nitrogens with zero attached hydrogens (tertiary/aromatic N) is 1. The normalized spacial score (nSPS) is 22.1. The van der Waals surface area contributed by atoms with Crippen LogP contribution >= 0.6 is 0 Å². The quantitative estimate of drug-likeness (QED) is 0.824. The highest BCUT2D eigenvalue weighted by molar-refractivity contribution is 5.98. The first-order valence-corrected chi connectivity index (χ1v) is 6.72. The van der Waals surface area contributed by atoms with Crippen molar-refractivity contribution in [1.82, 2.24) is 10.3 Å². The highest BCUT2D eigenvalue weighted by atomic mass is 16.4. The molecule has 2 rings (SSSR count). The van der Waals surface area contributed by atoms with Crippen LogP contribution in [-0.2, 0) is 4.79 Å². The van der Waals surface area contributed by atoms with Crippen LogP contribution in [0.4, 0.5) is 0 Å². The lowest BCUT2D eigenvalue weighted by Gasteiger charge is -2.13. The molecule has 0 bridgehead atoms. The minimum Gasteiger partial charge on any atom is -0.478 e. The van der Waals surface area contributed by atoms with E-state index in [-0.39, 0.29) is 11.9 Å². The Labute approximate surface area is 117 Å². The number of hydrogen-bond acceptors (Lipinski definition) is 3. The lowest BCUT2D eigenvalue weighted by atomic mass is 10.1. The van der Waals surface area contributed by atoms with E-state index in [9.17, 15) is 9.59 Å². The molecule has 106 valence electrons. The summed E-state index contributed by atoms with van der Waals surface area (Å²) < 4.78 is 0. The van der Waals surface area contributed by atoms with E-state index in [0.717, 1.165) is 25.3 Å². The van der Waals surface area contributed by atoms with Gasteiger partial charge < -0.3 is 10.4 Å². The second kappa shape index (κ2) is 6.32. The van der Waals surface area contributed by atoms with Crippen LogP contribution < -0.4 is 5.32 Å². The monoisotopic (exact) mass is 274 g/mol. The number of aliphatic carboxylic acids is 1. The summed E-state index contributed by atoms with van der Waals surface area (Å²) in [5.74, 6) is -0.578. The van der Waals surface area contributed by atoms with E-state index in [2.05, 4.69) is 17.2 Å². The Morgan fingerprint density at radius 1 is 1.45 bits per heavy atom. The molecule has 1 aromatic heterocycles. The molecular formula is C15H18N2O3. The van der Waals surface area contributed by atoms with Gasteiger partial charge in [0, 0.05) is 35.6 Å². The van der Waals surface area contributed by atoms with Gasteiger partial charge in [-0.05, 0) is 37.3 Å². The van der Waals surface area contributed by atoms with Gasteiger partial charge in [0.05, 0.1) is 0 Å². The predicted octanol–water partition coefficient (Wildman–Crippen LogP) is 2.10. The van der Waals surface area contributed by atoms with E-state index in [1.807, 2.05) is 0 Å². The summed E-state index contributed by atoms with van der Waals surface area (Å²) in [6.07, 6.45) is 8.55. The fraction of sp³-hybridized carbons (Fsp3) is 0.400. The first-order chi connectivity index (χ1) is 9.56. The maximum Gasteiger partial charge on any atom is 0.328 e. The first kappa shape index (κ1) is 14.2. The van der Waals surface area contributed by atoms with E-state index in [0.29, 0.717) is 17.0 Å². The third-order valence-corrected chi connectivity index (χ3v) is 3.53. The zero-order chi connectivity index (χ0) is 14.5. The molecule has 1 aromatic rings. The maximum absolute atomic E-state index is 12.3. The van der Waals surface area contributed by atoms with Crippen molar-refractivity contribution in [2.45, 2.75) is 32.2 Å². The summed E-state index contributed by atoms with van der Waals surface area (Å²) in [6.45, 7) is 2.18. The number of hydrogen-bond donors (Lipinski definition) is 2. The van der Waals surface area contributed by atoms with E-state index in [1.165, 1.54) is 18.5 Å². The van der Waals surface area contributed by atoms with Crippen molar-refractivity contribution in [3.8, 4) is 0 Å². The van der Waals surface area contributed by atoms with Crippen molar-refractivity contribution in [1.29, 1.82) is 0 Å². The van der Waals surface area contributed by atoms with Gasteiger partial charge in [-0.1, -0.05) is 6.92 Å². The van der Waals surface area contributed by atoms with Gasteiger partial charge in [-0.3, -0.25) is 9.78 Å². The first-order valence-electron chi connectivity index (χ1n) is 6.72. The van der Waals surface area contributed by atoms with E-state index < -0.39 is 5.97 Å². The molecule has 0 saturated heterocycles. The highest BCUT2D eigenvalue weighted by Crippen LogP contribution is 2.25. The minimum atomic E-state index is -1.05. The molecule has 0 aliphatic heterocycles. The van der Waals surface area contributed by atoms with Crippen molar-refractivity contribution in [3.05, 3.63) is 35.7 Å². The average molecular weight is 274 g/mol. The van der Waals surface area contributed by atoms with Crippen molar-refractivity contribution in [2.24, 2.45) is 5.92 Å². The third kappa shape index (κ3) is 3.66. The molecule has 1 aliphatic carbocycles. The summed E-state index contributed by atoms with van der Waals surface area (Å²) in [5.41, 5.74) is 0.968. The van der Waals surface area contributed by atoms with E-state index >= 15 is 0 Å². The fourth-order valence-corrected chi connectivity index (χ4v) is 2.51. The van der Waals surface area contributed by atoms with Crippen LogP contribution in [0.2, 0.25) is 0 Å². The van der Waals surface area contributed by atoms with Crippen molar-refractivity contribution in [2.75, 3.05) is 0 Å².